The van der Waals surface area contributed by atoms with E-state index in [0.717, 1.165) is 28.1 Å². The van der Waals surface area contributed by atoms with Gasteiger partial charge in [0.25, 0.3) is 5.78 Å². The van der Waals surface area contributed by atoms with Gasteiger partial charge >= 0.3 is 0 Å². The second-order valence-electron chi connectivity index (χ2n) is 6.09. The Bertz CT molecular complexity index is 932. The van der Waals surface area contributed by atoms with E-state index in [4.69, 9.17) is 0 Å². The van der Waals surface area contributed by atoms with E-state index >= 15 is 0 Å². The Morgan fingerprint density at radius 1 is 1.12 bits per heavy atom. The van der Waals surface area contributed by atoms with Crippen molar-refractivity contribution in [2.24, 2.45) is 0 Å². The van der Waals surface area contributed by atoms with Crippen LogP contribution < -0.4 is 0 Å². The van der Waals surface area contributed by atoms with Gasteiger partial charge in [0.15, 0.2) is 5.78 Å². The second kappa shape index (κ2) is 6.36. The van der Waals surface area contributed by atoms with Crippen LogP contribution in [0.3, 0.4) is 0 Å². The summed E-state index contributed by atoms with van der Waals surface area (Å²) in [6, 6.07) is 7.91. The standard InChI is InChI=1S/C18H20N4OS/c1-10-6-7-11(2)15(8-10)16(23)14(5)24-18-20-17-19-12(3)9-13(4)22(17)21-18/h6-9,14H,1-5H3/t14-/m0/s1. The van der Waals surface area contributed by atoms with Gasteiger partial charge in [0.1, 0.15) is 0 Å². The molecular formula is C18H20N4OS. The largest absolute Gasteiger partial charge is 0.293 e. The molecule has 2 aromatic heterocycles. The van der Waals surface area contributed by atoms with Gasteiger partial charge in [0.05, 0.1) is 5.25 Å². The minimum absolute atomic E-state index is 0.0981. The van der Waals surface area contributed by atoms with Crippen molar-refractivity contribution in [1.82, 2.24) is 19.6 Å². The first-order valence-electron chi connectivity index (χ1n) is 7.84. The van der Waals surface area contributed by atoms with Crippen LogP contribution in [0.1, 0.15) is 39.8 Å². The summed E-state index contributed by atoms with van der Waals surface area (Å²) in [6.07, 6.45) is 0. The number of nitrogens with zero attached hydrogens (tertiary/aromatic N) is 4. The zero-order chi connectivity index (χ0) is 17.4. The lowest BCUT2D eigenvalue weighted by molar-refractivity contribution is 0.0993. The van der Waals surface area contributed by atoms with Crippen LogP contribution in [-0.2, 0) is 0 Å². The maximum atomic E-state index is 12.8. The van der Waals surface area contributed by atoms with Gasteiger partial charge in [-0.25, -0.2) is 9.50 Å². The third kappa shape index (κ3) is 3.19. The summed E-state index contributed by atoms with van der Waals surface area (Å²) in [5.41, 5.74) is 4.73. The predicted molar refractivity (Wildman–Crippen MR) is 95.8 cm³/mol. The molecule has 124 valence electrons. The summed E-state index contributed by atoms with van der Waals surface area (Å²) >= 11 is 1.37. The van der Waals surface area contributed by atoms with Gasteiger partial charge in [-0.2, -0.15) is 4.98 Å². The highest BCUT2D eigenvalue weighted by Gasteiger charge is 2.21. The Morgan fingerprint density at radius 2 is 1.88 bits per heavy atom. The van der Waals surface area contributed by atoms with Crippen molar-refractivity contribution in [3.63, 3.8) is 0 Å². The third-order valence-electron chi connectivity index (χ3n) is 3.91. The zero-order valence-electron chi connectivity index (χ0n) is 14.5. The molecule has 3 rings (SSSR count). The van der Waals surface area contributed by atoms with Gasteiger partial charge in [-0.1, -0.05) is 29.5 Å². The van der Waals surface area contributed by atoms with Crippen LogP contribution in [0, 0.1) is 27.7 Å². The number of thioether (sulfide) groups is 1. The third-order valence-corrected chi connectivity index (χ3v) is 4.86. The molecule has 3 aromatic rings. The number of rotatable bonds is 4. The van der Waals surface area contributed by atoms with Crippen molar-refractivity contribution in [1.29, 1.82) is 0 Å². The summed E-state index contributed by atoms with van der Waals surface area (Å²) in [6.45, 7) is 9.75. The molecule has 0 N–H and O–H groups in total. The van der Waals surface area contributed by atoms with Crippen LogP contribution in [0.15, 0.2) is 29.4 Å². The van der Waals surface area contributed by atoms with Gasteiger partial charge < -0.3 is 0 Å². The van der Waals surface area contributed by atoms with Crippen molar-refractivity contribution >= 4 is 23.3 Å². The number of carbonyl (C=O) groups is 1. The van der Waals surface area contributed by atoms with Crippen LogP contribution in [0.2, 0.25) is 0 Å². The molecule has 0 aliphatic rings. The van der Waals surface area contributed by atoms with Crippen molar-refractivity contribution in [3.8, 4) is 0 Å². The minimum Gasteiger partial charge on any atom is -0.293 e. The number of hydrogen-bond donors (Lipinski definition) is 0. The van der Waals surface area contributed by atoms with Crippen LogP contribution in [0.5, 0.6) is 0 Å². The number of ketones is 1. The first kappa shape index (κ1) is 16.6. The second-order valence-corrected chi connectivity index (χ2v) is 7.40. The highest BCUT2D eigenvalue weighted by Crippen LogP contribution is 2.25. The summed E-state index contributed by atoms with van der Waals surface area (Å²) in [5.74, 6) is 0.669. The molecule has 0 fully saturated rings. The Hall–Kier alpha value is -2.21. The molecule has 0 bridgehead atoms. The summed E-state index contributed by atoms with van der Waals surface area (Å²) < 4.78 is 1.71. The molecule has 0 aliphatic heterocycles. The van der Waals surface area contributed by atoms with Gasteiger partial charge in [-0.15, -0.1) is 5.10 Å². The van der Waals surface area contributed by atoms with E-state index in [-0.39, 0.29) is 11.0 Å². The number of aromatic nitrogens is 4. The number of fused-ring (bicyclic) bond motifs is 1. The minimum atomic E-state index is -0.260. The summed E-state index contributed by atoms with van der Waals surface area (Å²) in [5, 5.41) is 4.77. The predicted octanol–water partition coefficient (Wildman–Crippen LogP) is 3.72. The SMILES string of the molecule is Cc1ccc(C)c(C(=O)[C@H](C)Sc2nc3nc(C)cc(C)n3n2)c1. The maximum Gasteiger partial charge on any atom is 0.253 e. The quantitative estimate of drug-likeness (QED) is 0.535. The molecule has 0 radical (unpaired) electrons. The van der Waals surface area contributed by atoms with Crippen LogP contribution in [-0.4, -0.2) is 30.6 Å². The topological polar surface area (TPSA) is 60.2 Å². The molecule has 0 amide bonds. The Kier molecular flexibility index (Phi) is 4.41. The van der Waals surface area contributed by atoms with Crippen LogP contribution >= 0.6 is 11.8 Å². The Labute approximate surface area is 145 Å². The average molecular weight is 340 g/mol. The monoisotopic (exact) mass is 340 g/mol. The molecule has 2 heterocycles. The molecule has 0 aliphatic carbocycles. The number of carbonyl (C=O) groups excluding carboxylic acids is 1. The molecule has 6 heteroatoms. The number of aryl methyl sites for hydroxylation is 4. The highest BCUT2D eigenvalue weighted by atomic mass is 32.2. The molecule has 0 saturated carbocycles. The van der Waals surface area contributed by atoms with Gasteiger partial charge in [0, 0.05) is 17.0 Å². The Morgan fingerprint density at radius 3 is 2.62 bits per heavy atom. The number of hydrogen-bond acceptors (Lipinski definition) is 5. The van der Waals surface area contributed by atoms with Gasteiger partial charge in [0.2, 0.25) is 5.16 Å². The lowest BCUT2D eigenvalue weighted by Crippen LogP contribution is -2.15. The van der Waals surface area contributed by atoms with Crippen molar-refractivity contribution < 1.29 is 4.79 Å². The average Bonchev–Trinajstić information content (AvgIpc) is 2.91. The molecule has 24 heavy (non-hydrogen) atoms. The first-order chi connectivity index (χ1) is 11.3. The van der Waals surface area contributed by atoms with E-state index in [1.807, 2.05) is 58.9 Å². The van der Waals surface area contributed by atoms with E-state index in [9.17, 15) is 4.79 Å². The van der Waals surface area contributed by atoms with E-state index < -0.39 is 0 Å². The molecule has 1 aromatic carbocycles. The fourth-order valence-electron chi connectivity index (χ4n) is 2.63. The fraction of sp³-hybridized carbons (Fsp3) is 0.333. The van der Waals surface area contributed by atoms with Crippen molar-refractivity contribution in [2.45, 2.75) is 45.0 Å². The summed E-state index contributed by atoms with van der Waals surface area (Å²) in [4.78, 5) is 21.6. The van der Waals surface area contributed by atoms with Crippen LogP contribution in [0.25, 0.3) is 5.78 Å². The zero-order valence-corrected chi connectivity index (χ0v) is 15.3. The molecule has 0 spiro atoms. The van der Waals surface area contributed by atoms with E-state index in [2.05, 4.69) is 15.1 Å². The van der Waals surface area contributed by atoms with E-state index in [1.165, 1.54) is 11.8 Å². The lowest BCUT2D eigenvalue weighted by Gasteiger charge is -2.11. The van der Waals surface area contributed by atoms with Crippen molar-refractivity contribution in [3.05, 3.63) is 52.3 Å². The van der Waals surface area contributed by atoms with E-state index in [0.29, 0.717) is 10.9 Å². The van der Waals surface area contributed by atoms with E-state index in [1.54, 1.807) is 4.52 Å². The molecule has 5 nitrogen and oxygen atoms in total. The van der Waals surface area contributed by atoms with Crippen LogP contribution in [0.4, 0.5) is 0 Å². The van der Waals surface area contributed by atoms with Gasteiger partial charge in [-0.05, 0) is 52.3 Å². The first-order valence-corrected chi connectivity index (χ1v) is 8.72. The smallest absolute Gasteiger partial charge is 0.253 e. The van der Waals surface area contributed by atoms with Crippen molar-refractivity contribution in [2.75, 3.05) is 0 Å². The lowest BCUT2D eigenvalue weighted by atomic mass is 10.0. The fourth-order valence-corrected chi connectivity index (χ4v) is 3.44. The number of Topliss-reactive ketones (excluding diaryl/α,β-unsaturated/α-hetero) is 1. The maximum absolute atomic E-state index is 12.8. The molecule has 1 atom stereocenters. The normalized spacial score (nSPS) is 12.5. The van der Waals surface area contributed by atoms with Gasteiger partial charge in [-0.3, -0.25) is 4.79 Å². The number of benzene rings is 1. The molecule has 0 saturated heterocycles. The molecule has 0 unspecified atom stereocenters. The molecular weight excluding hydrogens is 320 g/mol. The summed E-state index contributed by atoms with van der Waals surface area (Å²) in [7, 11) is 0. The Balaban J connectivity index is 1.86. The highest BCUT2D eigenvalue weighted by molar-refractivity contribution is 8.00.